The monoisotopic (exact) mass is 233 g/mol. The van der Waals surface area contributed by atoms with Crippen molar-refractivity contribution in [2.45, 2.75) is 19.8 Å². The molecule has 0 aromatic heterocycles. The Morgan fingerprint density at radius 3 is 2.82 bits per heavy atom. The lowest BCUT2D eigenvalue weighted by molar-refractivity contribution is -0.122. The van der Waals surface area contributed by atoms with Crippen LogP contribution >= 0.6 is 0 Å². The Balaban J connectivity index is 1.72. The van der Waals surface area contributed by atoms with Gasteiger partial charge in [0.05, 0.1) is 11.4 Å². The second-order valence-electron chi connectivity index (χ2n) is 4.58. The van der Waals surface area contributed by atoms with Crippen LogP contribution in [-0.2, 0) is 4.79 Å². The lowest BCUT2D eigenvalue weighted by atomic mass is 10.2. The predicted molar refractivity (Wildman–Crippen MR) is 69.8 cm³/mol. The fourth-order valence-corrected chi connectivity index (χ4v) is 1.72. The van der Waals surface area contributed by atoms with Gasteiger partial charge in [-0.05, 0) is 37.5 Å². The Morgan fingerprint density at radius 1 is 1.41 bits per heavy atom. The van der Waals surface area contributed by atoms with Crippen LogP contribution < -0.4 is 16.4 Å². The number of carbonyl (C=O) groups excluding carboxylic acids is 1. The van der Waals surface area contributed by atoms with E-state index < -0.39 is 0 Å². The van der Waals surface area contributed by atoms with E-state index in [-0.39, 0.29) is 11.8 Å². The molecule has 0 radical (unpaired) electrons. The molecule has 1 saturated carbocycles. The van der Waals surface area contributed by atoms with Crippen molar-refractivity contribution >= 4 is 17.3 Å². The quantitative estimate of drug-likeness (QED) is 0.533. The first-order chi connectivity index (χ1) is 8.16. The molecule has 0 bridgehead atoms. The second kappa shape index (κ2) is 5.08. The summed E-state index contributed by atoms with van der Waals surface area (Å²) in [6.07, 6.45) is 2.09. The molecule has 0 heterocycles. The number of benzene rings is 1. The van der Waals surface area contributed by atoms with Gasteiger partial charge in [-0.3, -0.25) is 4.79 Å². The van der Waals surface area contributed by atoms with Crippen molar-refractivity contribution in [3.63, 3.8) is 0 Å². The van der Waals surface area contributed by atoms with Crippen LogP contribution in [0.4, 0.5) is 11.4 Å². The number of carbonyl (C=O) groups is 1. The van der Waals surface area contributed by atoms with Gasteiger partial charge in [0.1, 0.15) is 0 Å². The third-order valence-electron chi connectivity index (χ3n) is 2.89. The number of hydrogen-bond donors (Lipinski definition) is 3. The van der Waals surface area contributed by atoms with E-state index in [0.717, 1.165) is 29.8 Å². The van der Waals surface area contributed by atoms with E-state index in [1.165, 1.54) is 0 Å². The maximum Gasteiger partial charge on any atom is 0.223 e. The highest BCUT2D eigenvalue weighted by atomic mass is 16.2. The average Bonchev–Trinajstić information content (AvgIpc) is 3.10. The lowest BCUT2D eigenvalue weighted by Crippen LogP contribution is -2.29. The summed E-state index contributed by atoms with van der Waals surface area (Å²) in [6.45, 7) is 3.35. The molecular formula is C13H19N3O. The summed E-state index contributed by atoms with van der Waals surface area (Å²) in [6, 6.07) is 5.92. The highest BCUT2D eigenvalue weighted by molar-refractivity contribution is 5.80. The maximum atomic E-state index is 11.4. The number of rotatable bonds is 5. The van der Waals surface area contributed by atoms with Gasteiger partial charge in [0.2, 0.25) is 5.91 Å². The summed E-state index contributed by atoms with van der Waals surface area (Å²) >= 11 is 0. The fourth-order valence-electron chi connectivity index (χ4n) is 1.72. The van der Waals surface area contributed by atoms with Gasteiger partial charge in [-0.1, -0.05) is 6.07 Å². The van der Waals surface area contributed by atoms with Gasteiger partial charge in [0.25, 0.3) is 0 Å². The first kappa shape index (κ1) is 11.8. The van der Waals surface area contributed by atoms with Crippen LogP contribution in [0.25, 0.3) is 0 Å². The predicted octanol–water partition coefficient (Wildman–Crippen LogP) is 1.52. The van der Waals surface area contributed by atoms with Crippen LogP contribution in [0.1, 0.15) is 18.4 Å². The number of nitrogens with two attached hydrogens (primary N) is 1. The SMILES string of the molecule is Cc1ccc(NCCNC(=O)C2CC2)c(N)c1. The zero-order valence-corrected chi connectivity index (χ0v) is 10.1. The lowest BCUT2D eigenvalue weighted by Gasteiger charge is -2.10. The van der Waals surface area contributed by atoms with E-state index >= 15 is 0 Å². The molecule has 0 atom stereocenters. The summed E-state index contributed by atoms with van der Waals surface area (Å²) in [5.74, 6) is 0.461. The number of nitrogens with one attached hydrogen (secondary N) is 2. The van der Waals surface area contributed by atoms with Crippen molar-refractivity contribution < 1.29 is 4.79 Å². The molecule has 92 valence electrons. The summed E-state index contributed by atoms with van der Waals surface area (Å²) in [7, 11) is 0. The first-order valence-corrected chi connectivity index (χ1v) is 6.04. The van der Waals surface area contributed by atoms with Crippen molar-refractivity contribution in [3.8, 4) is 0 Å². The van der Waals surface area contributed by atoms with E-state index in [9.17, 15) is 4.79 Å². The summed E-state index contributed by atoms with van der Waals surface area (Å²) in [5, 5.41) is 6.12. The van der Waals surface area contributed by atoms with Gasteiger partial charge in [0.15, 0.2) is 0 Å². The van der Waals surface area contributed by atoms with Gasteiger partial charge < -0.3 is 16.4 Å². The first-order valence-electron chi connectivity index (χ1n) is 6.04. The molecule has 0 spiro atoms. The number of anilines is 2. The number of amides is 1. The number of hydrogen-bond acceptors (Lipinski definition) is 3. The molecule has 1 aliphatic rings. The minimum Gasteiger partial charge on any atom is -0.397 e. The van der Waals surface area contributed by atoms with Crippen LogP contribution in [0.5, 0.6) is 0 Å². The van der Waals surface area contributed by atoms with Gasteiger partial charge in [0, 0.05) is 19.0 Å². The molecule has 2 rings (SSSR count). The molecule has 4 nitrogen and oxygen atoms in total. The van der Waals surface area contributed by atoms with Crippen LogP contribution in [-0.4, -0.2) is 19.0 Å². The van der Waals surface area contributed by atoms with Crippen LogP contribution in [0, 0.1) is 12.8 Å². The highest BCUT2D eigenvalue weighted by Crippen LogP contribution is 2.28. The Bertz CT molecular complexity index is 413. The van der Waals surface area contributed by atoms with E-state index in [1.54, 1.807) is 0 Å². The standard InChI is InChI=1S/C13H19N3O/c1-9-2-5-12(11(14)8-9)15-6-7-16-13(17)10-3-4-10/h2,5,8,10,15H,3-4,6-7,14H2,1H3,(H,16,17). The maximum absolute atomic E-state index is 11.4. The molecule has 4 heteroatoms. The minimum atomic E-state index is 0.184. The van der Waals surface area contributed by atoms with E-state index in [4.69, 9.17) is 5.73 Å². The van der Waals surface area contributed by atoms with E-state index in [2.05, 4.69) is 10.6 Å². The molecule has 17 heavy (non-hydrogen) atoms. The zero-order chi connectivity index (χ0) is 12.3. The molecule has 1 aromatic carbocycles. The normalized spacial score (nSPS) is 14.4. The number of aryl methyl sites for hydroxylation is 1. The largest absolute Gasteiger partial charge is 0.397 e. The minimum absolute atomic E-state index is 0.184. The third kappa shape index (κ3) is 3.37. The van der Waals surface area contributed by atoms with Crippen molar-refractivity contribution in [1.82, 2.24) is 5.32 Å². The van der Waals surface area contributed by atoms with Crippen LogP contribution in [0.15, 0.2) is 18.2 Å². The molecule has 4 N–H and O–H groups in total. The summed E-state index contributed by atoms with van der Waals surface area (Å²) < 4.78 is 0. The molecule has 1 aromatic rings. The summed E-state index contributed by atoms with van der Waals surface area (Å²) in [4.78, 5) is 11.4. The van der Waals surface area contributed by atoms with Gasteiger partial charge in [-0.15, -0.1) is 0 Å². The third-order valence-corrected chi connectivity index (χ3v) is 2.89. The van der Waals surface area contributed by atoms with Gasteiger partial charge in [-0.2, -0.15) is 0 Å². The van der Waals surface area contributed by atoms with Crippen molar-refractivity contribution in [1.29, 1.82) is 0 Å². The number of nitrogen functional groups attached to an aromatic ring is 1. The molecular weight excluding hydrogens is 214 g/mol. The van der Waals surface area contributed by atoms with Crippen LogP contribution in [0.3, 0.4) is 0 Å². The van der Waals surface area contributed by atoms with Gasteiger partial charge >= 0.3 is 0 Å². The Kier molecular flexibility index (Phi) is 3.52. The Morgan fingerprint density at radius 2 is 2.18 bits per heavy atom. The van der Waals surface area contributed by atoms with Crippen molar-refractivity contribution in [3.05, 3.63) is 23.8 Å². The van der Waals surface area contributed by atoms with Crippen molar-refractivity contribution in [2.24, 2.45) is 5.92 Å². The fraction of sp³-hybridized carbons (Fsp3) is 0.462. The summed E-state index contributed by atoms with van der Waals surface area (Å²) in [5.41, 5.74) is 8.70. The van der Waals surface area contributed by atoms with E-state index in [1.807, 2.05) is 25.1 Å². The zero-order valence-electron chi connectivity index (χ0n) is 10.1. The molecule has 1 aliphatic carbocycles. The van der Waals surface area contributed by atoms with Crippen LogP contribution in [0.2, 0.25) is 0 Å². The highest BCUT2D eigenvalue weighted by Gasteiger charge is 2.28. The Hall–Kier alpha value is -1.71. The molecule has 1 fully saturated rings. The Labute approximate surface area is 102 Å². The molecule has 0 unspecified atom stereocenters. The van der Waals surface area contributed by atoms with Crippen molar-refractivity contribution in [2.75, 3.05) is 24.1 Å². The second-order valence-corrected chi connectivity index (χ2v) is 4.58. The molecule has 0 aliphatic heterocycles. The topological polar surface area (TPSA) is 67.1 Å². The van der Waals surface area contributed by atoms with Gasteiger partial charge in [-0.25, -0.2) is 0 Å². The molecule has 0 saturated heterocycles. The van der Waals surface area contributed by atoms with E-state index in [0.29, 0.717) is 13.1 Å². The molecule has 1 amide bonds. The smallest absolute Gasteiger partial charge is 0.223 e. The average molecular weight is 233 g/mol.